The highest BCUT2D eigenvalue weighted by molar-refractivity contribution is 6.38. The third kappa shape index (κ3) is 2.89. The van der Waals surface area contributed by atoms with Gasteiger partial charge in [0.15, 0.2) is 0 Å². The molecule has 0 saturated heterocycles. The van der Waals surface area contributed by atoms with Crippen LogP contribution in [-0.2, 0) is 16.6 Å². The molecule has 0 aliphatic carbocycles. The summed E-state index contributed by atoms with van der Waals surface area (Å²) in [5, 5.41) is 19.3. The molecule has 0 atom stereocenters. The van der Waals surface area contributed by atoms with Gasteiger partial charge in [-0.05, 0) is 25.1 Å². The molecule has 2 rings (SSSR count). The number of ether oxygens (including phenoxy) is 1. The van der Waals surface area contributed by atoms with Gasteiger partial charge < -0.3 is 19.5 Å². The van der Waals surface area contributed by atoms with E-state index < -0.39 is 11.8 Å². The first-order chi connectivity index (χ1) is 9.93. The lowest BCUT2D eigenvalue weighted by Gasteiger charge is -2.04. The Hall–Kier alpha value is -2.76. The maximum atomic E-state index is 11.2. The summed E-state index contributed by atoms with van der Waals surface area (Å²) in [5.41, 5.74) is 1.21. The molecule has 2 aromatic rings. The number of hydrogen-bond donors (Lipinski definition) is 2. The molecule has 0 unspecified atom stereocenters. The van der Waals surface area contributed by atoms with Gasteiger partial charge in [0.05, 0.1) is 6.61 Å². The number of aromatic nitrogens is 1. The monoisotopic (exact) mass is 289 g/mol. The molecule has 0 saturated carbocycles. The Bertz CT molecular complexity index is 742. The van der Waals surface area contributed by atoms with E-state index in [0.717, 1.165) is 5.52 Å². The van der Waals surface area contributed by atoms with Crippen molar-refractivity contribution >= 4 is 28.4 Å². The van der Waals surface area contributed by atoms with Crippen LogP contribution >= 0.6 is 0 Å². The SMILES string of the molecule is CCOc1ccc2c(c1)c(/C(O)=C/C(=O)C(=O)O)cn2C. The fourth-order valence-electron chi connectivity index (χ4n) is 2.10. The average Bonchev–Trinajstić information content (AvgIpc) is 2.76. The standard InChI is InChI=1S/C15H15NO5/c1-3-21-9-4-5-12-10(6-9)11(8-16(12)2)13(17)7-14(18)15(19)20/h4-8,17H,3H2,1-2H3,(H,19,20)/b13-7-. The van der Waals surface area contributed by atoms with E-state index in [4.69, 9.17) is 9.84 Å². The minimum Gasteiger partial charge on any atom is -0.507 e. The summed E-state index contributed by atoms with van der Waals surface area (Å²) in [7, 11) is 1.79. The summed E-state index contributed by atoms with van der Waals surface area (Å²) >= 11 is 0. The molecule has 0 bridgehead atoms. The van der Waals surface area contributed by atoms with Crippen LogP contribution in [0.25, 0.3) is 16.7 Å². The normalized spacial score (nSPS) is 11.6. The van der Waals surface area contributed by atoms with Crippen molar-refractivity contribution in [2.45, 2.75) is 6.92 Å². The molecule has 1 heterocycles. The van der Waals surface area contributed by atoms with Crippen molar-refractivity contribution in [2.24, 2.45) is 7.05 Å². The van der Waals surface area contributed by atoms with Crippen LogP contribution < -0.4 is 4.74 Å². The summed E-state index contributed by atoms with van der Waals surface area (Å²) in [4.78, 5) is 21.7. The lowest BCUT2D eigenvalue weighted by atomic mass is 10.1. The van der Waals surface area contributed by atoms with Crippen LogP contribution in [0.3, 0.4) is 0 Å². The van der Waals surface area contributed by atoms with E-state index in [2.05, 4.69) is 0 Å². The molecule has 0 aliphatic rings. The van der Waals surface area contributed by atoms with Crippen molar-refractivity contribution in [3.8, 4) is 5.75 Å². The predicted octanol–water partition coefficient (Wildman–Crippen LogP) is 2.13. The fraction of sp³-hybridized carbons (Fsp3) is 0.200. The van der Waals surface area contributed by atoms with Crippen LogP contribution in [0, 0.1) is 0 Å². The zero-order valence-electron chi connectivity index (χ0n) is 11.7. The van der Waals surface area contributed by atoms with Crippen molar-refractivity contribution in [3.63, 3.8) is 0 Å². The lowest BCUT2D eigenvalue weighted by Crippen LogP contribution is -2.09. The molecule has 0 amide bonds. The van der Waals surface area contributed by atoms with Crippen LogP contribution in [0.4, 0.5) is 0 Å². The highest BCUT2D eigenvalue weighted by Gasteiger charge is 2.15. The first kappa shape index (κ1) is 14.6. The van der Waals surface area contributed by atoms with Crippen LogP contribution in [0.1, 0.15) is 12.5 Å². The van der Waals surface area contributed by atoms with Gasteiger partial charge in [0, 0.05) is 35.8 Å². The zero-order chi connectivity index (χ0) is 15.6. The first-order valence-electron chi connectivity index (χ1n) is 6.34. The Morgan fingerprint density at radius 2 is 2.05 bits per heavy atom. The molecule has 0 aliphatic heterocycles. The second-order valence-electron chi connectivity index (χ2n) is 4.46. The number of nitrogens with zero attached hydrogens (tertiary/aromatic N) is 1. The molecule has 6 heteroatoms. The maximum Gasteiger partial charge on any atom is 0.376 e. The number of carboxylic acid groups (broad SMARTS) is 1. The topological polar surface area (TPSA) is 88.8 Å². The largest absolute Gasteiger partial charge is 0.507 e. The number of ketones is 1. The van der Waals surface area contributed by atoms with Gasteiger partial charge in [-0.15, -0.1) is 0 Å². The number of fused-ring (bicyclic) bond motifs is 1. The third-order valence-electron chi connectivity index (χ3n) is 3.03. The predicted molar refractivity (Wildman–Crippen MR) is 77.3 cm³/mol. The molecular formula is C15H15NO5. The second kappa shape index (κ2) is 5.70. The Morgan fingerprint density at radius 1 is 1.33 bits per heavy atom. The van der Waals surface area contributed by atoms with Crippen molar-refractivity contribution in [1.82, 2.24) is 4.57 Å². The van der Waals surface area contributed by atoms with Gasteiger partial charge in [0.1, 0.15) is 11.5 Å². The van der Waals surface area contributed by atoms with E-state index in [1.165, 1.54) is 0 Å². The number of aliphatic hydroxyl groups excluding tert-OH is 1. The molecule has 21 heavy (non-hydrogen) atoms. The van der Waals surface area contributed by atoms with Gasteiger partial charge in [-0.3, -0.25) is 4.79 Å². The van der Waals surface area contributed by atoms with E-state index in [1.54, 1.807) is 29.9 Å². The third-order valence-corrected chi connectivity index (χ3v) is 3.03. The van der Waals surface area contributed by atoms with Gasteiger partial charge >= 0.3 is 5.97 Å². The number of carbonyl (C=O) groups excluding carboxylic acids is 1. The number of carbonyl (C=O) groups is 2. The van der Waals surface area contributed by atoms with Gasteiger partial charge in [-0.25, -0.2) is 4.79 Å². The number of rotatable bonds is 5. The zero-order valence-corrected chi connectivity index (χ0v) is 11.7. The summed E-state index contributed by atoms with van der Waals surface area (Å²) < 4.78 is 7.18. The highest BCUT2D eigenvalue weighted by atomic mass is 16.5. The van der Waals surface area contributed by atoms with E-state index in [-0.39, 0.29) is 5.76 Å². The second-order valence-corrected chi connectivity index (χ2v) is 4.46. The highest BCUT2D eigenvalue weighted by Crippen LogP contribution is 2.29. The van der Waals surface area contributed by atoms with Gasteiger partial charge in [0.2, 0.25) is 0 Å². The van der Waals surface area contributed by atoms with Crippen LogP contribution in [0.15, 0.2) is 30.5 Å². The number of aliphatic carboxylic acids is 1. The van der Waals surface area contributed by atoms with Crippen molar-refractivity contribution in [2.75, 3.05) is 6.61 Å². The molecule has 1 aromatic heterocycles. The Labute approximate surface area is 120 Å². The fourth-order valence-corrected chi connectivity index (χ4v) is 2.10. The number of benzene rings is 1. The van der Waals surface area contributed by atoms with Crippen molar-refractivity contribution in [3.05, 3.63) is 36.0 Å². The summed E-state index contributed by atoms with van der Waals surface area (Å²) in [6.45, 7) is 2.37. The summed E-state index contributed by atoms with van der Waals surface area (Å²) in [5.74, 6) is -2.54. The molecular weight excluding hydrogens is 274 g/mol. The quantitative estimate of drug-likeness (QED) is 0.500. The van der Waals surface area contributed by atoms with Gasteiger partial charge in [0.25, 0.3) is 5.78 Å². The first-order valence-corrected chi connectivity index (χ1v) is 6.34. The van der Waals surface area contributed by atoms with Crippen LogP contribution in [0.5, 0.6) is 5.75 Å². The number of aliphatic hydroxyl groups is 1. The number of hydrogen-bond acceptors (Lipinski definition) is 4. The molecule has 0 fully saturated rings. The van der Waals surface area contributed by atoms with E-state index in [9.17, 15) is 14.7 Å². The minimum atomic E-state index is -1.61. The van der Waals surface area contributed by atoms with E-state index >= 15 is 0 Å². The summed E-state index contributed by atoms with van der Waals surface area (Å²) in [6, 6.07) is 5.37. The number of aryl methyl sites for hydroxylation is 1. The number of carboxylic acids is 1. The maximum absolute atomic E-state index is 11.2. The molecule has 0 radical (unpaired) electrons. The van der Waals surface area contributed by atoms with Crippen molar-refractivity contribution < 1.29 is 24.5 Å². The van der Waals surface area contributed by atoms with E-state index in [1.807, 2.05) is 13.0 Å². The van der Waals surface area contributed by atoms with Gasteiger partial charge in [-0.1, -0.05) is 0 Å². The van der Waals surface area contributed by atoms with Crippen molar-refractivity contribution in [1.29, 1.82) is 0 Å². The van der Waals surface area contributed by atoms with Crippen LogP contribution in [-0.4, -0.2) is 33.1 Å². The molecule has 2 N–H and O–H groups in total. The molecule has 110 valence electrons. The van der Waals surface area contributed by atoms with Gasteiger partial charge in [-0.2, -0.15) is 0 Å². The molecule has 6 nitrogen and oxygen atoms in total. The molecule has 0 spiro atoms. The smallest absolute Gasteiger partial charge is 0.376 e. The summed E-state index contributed by atoms with van der Waals surface area (Å²) in [6.07, 6.45) is 2.33. The van der Waals surface area contributed by atoms with Crippen LogP contribution in [0.2, 0.25) is 0 Å². The Balaban J connectivity index is 2.55. The molecule has 1 aromatic carbocycles. The average molecular weight is 289 g/mol. The lowest BCUT2D eigenvalue weighted by molar-refractivity contribution is -0.146. The Morgan fingerprint density at radius 3 is 2.67 bits per heavy atom. The minimum absolute atomic E-state index is 0.378. The van der Waals surface area contributed by atoms with E-state index in [0.29, 0.717) is 29.4 Å². The Kier molecular flexibility index (Phi) is 3.98.